The van der Waals surface area contributed by atoms with Crippen LogP contribution in [0.25, 0.3) is 0 Å². The average molecular weight is 221 g/mol. The van der Waals surface area contributed by atoms with Crippen molar-refractivity contribution >= 4 is 0 Å². The Morgan fingerprint density at radius 1 is 0.700 bits per heavy atom. The van der Waals surface area contributed by atoms with Gasteiger partial charge in [-0.05, 0) is 0 Å². The second-order valence-corrected chi connectivity index (χ2v) is 0. The number of aliphatic hydroxyl groups is 1. The first kappa shape index (κ1) is 220. The predicted molar refractivity (Wildman–Crippen MR) is 43.8 cm³/mol. The van der Waals surface area contributed by atoms with Crippen LogP contribution in [-0.2, 0) is 43.4 Å². The average Bonchev–Trinajstić information content (AvgIpc) is 1.00. The molecule has 0 rings (SSSR count). The summed E-state index contributed by atoms with van der Waals surface area (Å²) < 4.78 is 0. The van der Waals surface area contributed by atoms with Crippen LogP contribution in [0.2, 0.25) is 0 Å². The van der Waals surface area contributed by atoms with Gasteiger partial charge in [-0.2, -0.15) is 0 Å². The van der Waals surface area contributed by atoms with Gasteiger partial charge < -0.3 is 47.7 Å². The van der Waals surface area contributed by atoms with Gasteiger partial charge in [-0.3, -0.25) is 0 Å². The Morgan fingerprint density at radius 2 is 0.700 bits per heavy atom. The molecule has 0 aromatic carbocycles. The standard InChI is InChI=1S/CH4O.5CH3.H2O.2Ti/c1-2;;;;;;;;/h2H,1H3;5*1H3;1H2;;/q;5*-1;;+2;+3. The molecule has 0 aromatic rings. The summed E-state index contributed by atoms with van der Waals surface area (Å²) in [4.78, 5) is 0. The maximum atomic E-state index is 7.00. The van der Waals surface area contributed by atoms with Crippen molar-refractivity contribution in [3.05, 3.63) is 37.1 Å². The molecule has 2 nitrogen and oxygen atoms in total. The summed E-state index contributed by atoms with van der Waals surface area (Å²) in [6.07, 6.45) is 0. The predicted octanol–water partition coefficient (Wildman–Crippen LogP) is 1.03. The molecule has 4 heteroatoms. The fourth-order valence-corrected chi connectivity index (χ4v) is 0. The van der Waals surface area contributed by atoms with Crippen LogP contribution in [0.1, 0.15) is 0 Å². The van der Waals surface area contributed by atoms with E-state index in [0.29, 0.717) is 0 Å². The molecule has 0 spiro atoms. The summed E-state index contributed by atoms with van der Waals surface area (Å²) in [6.45, 7) is 0. The van der Waals surface area contributed by atoms with E-state index in [1.54, 1.807) is 0 Å². The number of hydrogen-bond acceptors (Lipinski definition) is 1. The van der Waals surface area contributed by atoms with E-state index < -0.39 is 0 Å². The SMILES string of the molecule is CO.O.[CH3-].[CH3-].[CH3-].[CH3-].[CH3-].[Ti+2].[Ti+3]. The smallest absolute Gasteiger partial charge is 0.412 e. The Kier molecular flexibility index (Phi) is 11000. The summed E-state index contributed by atoms with van der Waals surface area (Å²) in [5.41, 5.74) is 0. The molecule has 0 amide bonds. The number of aliphatic hydroxyl groups excluding tert-OH is 1. The normalized spacial score (nSPS) is 0.600. The second kappa shape index (κ2) is 497. The van der Waals surface area contributed by atoms with Gasteiger partial charge in [0.25, 0.3) is 0 Å². The quantitative estimate of drug-likeness (QED) is 0.482. The van der Waals surface area contributed by atoms with Crippen molar-refractivity contribution in [2.45, 2.75) is 0 Å². The van der Waals surface area contributed by atoms with Gasteiger partial charge in [0.1, 0.15) is 0 Å². The van der Waals surface area contributed by atoms with Crippen LogP contribution < -0.4 is 0 Å². The van der Waals surface area contributed by atoms with Crippen LogP contribution in [-0.4, -0.2) is 17.7 Å². The maximum absolute atomic E-state index is 7.00. The summed E-state index contributed by atoms with van der Waals surface area (Å²) in [6, 6.07) is 0. The van der Waals surface area contributed by atoms with Gasteiger partial charge in [0.2, 0.25) is 0 Å². The van der Waals surface area contributed by atoms with Crippen molar-refractivity contribution in [2.24, 2.45) is 0 Å². The Balaban J connectivity index is -0.000000000179. The van der Waals surface area contributed by atoms with E-state index in [1.807, 2.05) is 0 Å². The van der Waals surface area contributed by atoms with Gasteiger partial charge in [0, 0.05) is 7.11 Å². The van der Waals surface area contributed by atoms with E-state index in [0.717, 1.165) is 7.11 Å². The molecule has 0 aromatic heterocycles. The third-order valence-corrected chi connectivity index (χ3v) is 0. The molecule has 0 heterocycles. The van der Waals surface area contributed by atoms with Gasteiger partial charge in [-0.15, -0.1) is 0 Å². The zero-order valence-electron chi connectivity index (χ0n) is 7.95. The van der Waals surface area contributed by atoms with E-state index in [2.05, 4.69) is 0 Å². The maximum Gasteiger partial charge on any atom is 3.00 e. The molecule has 0 aliphatic rings. The third-order valence-electron chi connectivity index (χ3n) is 0. The summed E-state index contributed by atoms with van der Waals surface area (Å²) in [5.74, 6) is 0. The van der Waals surface area contributed by atoms with Crippen LogP contribution >= 0.6 is 0 Å². The molecule has 0 aliphatic heterocycles. The van der Waals surface area contributed by atoms with E-state index >= 15 is 0 Å². The number of hydrogen-bond donors (Lipinski definition) is 1. The van der Waals surface area contributed by atoms with Crippen molar-refractivity contribution in [3.63, 3.8) is 0 Å². The van der Waals surface area contributed by atoms with E-state index in [4.69, 9.17) is 5.11 Å². The van der Waals surface area contributed by atoms with Gasteiger partial charge in [0.05, 0.1) is 0 Å². The van der Waals surface area contributed by atoms with E-state index in [9.17, 15) is 0 Å². The molecule has 0 fully saturated rings. The van der Waals surface area contributed by atoms with Crippen molar-refractivity contribution in [1.82, 2.24) is 0 Å². The third kappa shape index (κ3) is 358. The molecule has 1 radical (unpaired) electrons. The Morgan fingerprint density at radius 3 is 0.700 bits per heavy atom. The first-order valence-corrected chi connectivity index (χ1v) is 0.447. The summed E-state index contributed by atoms with van der Waals surface area (Å²) >= 11 is 0. The van der Waals surface area contributed by atoms with Crippen molar-refractivity contribution < 1.29 is 54.0 Å². The molecular weight excluding hydrogens is 200 g/mol. The zero-order chi connectivity index (χ0) is 2.00. The van der Waals surface area contributed by atoms with Crippen LogP contribution in [0.4, 0.5) is 0 Å². The fraction of sp³-hybridized carbons (Fsp3) is 0.167. The van der Waals surface area contributed by atoms with E-state index in [-0.39, 0.29) is 86.0 Å². The summed E-state index contributed by atoms with van der Waals surface area (Å²) in [7, 11) is 1.00. The number of rotatable bonds is 0. The Labute approximate surface area is 97.9 Å². The molecule has 0 saturated carbocycles. The molecule has 0 atom stereocenters. The largest absolute Gasteiger partial charge is 3.00 e. The van der Waals surface area contributed by atoms with Crippen LogP contribution in [0, 0.1) is 37.1 Å². The zero-order valence-corrected chi connectivity index (χ0v) is 11.1. The molecule has 0 bridgehead atoms. The topological polar surface area (TPSA) is 51.7 Å². The monoisotopic (exact) mass is 221 g/mol. The molecule has 0 aliphatic carbocycles. The minimum Gasteiger partial charge on any atom is -0.412 e. The summed E-state index contributed by atoms with van der Waals surface area (Å²) in [5, 5.41) is 7.00. The van der Waals surface area contributed by atoms with Gasteiger partial charge in [-0.25, -0.2) is 0 Å². The van der Waals surface area contributed by atoms with Crippen LogP contribution in [0.15, 0.2) is 0 Å². The van der Waals surface area contributed by atoms with Crippen molar-refractivity contribution in [3.8, 4) is 0 Å². The first-order valence-electron chi connectivity index (χ1n) is 0.447. The van der Waals surface area contributed by atoms with Gasteiger partial charge >= 0.3 is 43.4 Å². The van der Waals surface area contributed by atoms with E-state index in [1.165, 1.54) is 0 Å². The molecule has 0 unspecified atom stereocenters. The minimum absolute atomic E-state index is 0. The molecular formula is C6H21O2Ti2. The minimum atomic E-state index is 0. The Bertz CT molecular complexity index is 13.7. The molecule has 65 valence electrons. The van der Waals surface area contributed by atoms with Crippen molar-refractivity contribution in [2.75, 3.05) is 7.11 Å². The van der Waals surface area contributed by atoms with Crippen molar-refractivity contribution in [1.29, 1.82) is 0 Å². The second-order valence-electron chi connectivity index (χ2n) is 0. The first-order chi connectivity index (χ1) is 1.00. The molecule has 3 N–H and O–H groups in total. The molecule has 0 saturated heterocycles. The van der Waals surface area contributed by atoms with Gasteiger partial charge in [-0.1, -0.05) is 0 Å². The van der Waals surface area contributed by atoms with Gasteiger partial charge in [0.15, 0.2) is 0 Å². The fourth-order valence-electron chi connectivity index (χ4n) is 0. The van der Waals surface area contributed by atoms with Crippen LogP contribution in [0.5, 0.6) is 0 Å². The molecule has 10 heavy (non-hydrogen) atoms. The van der Waals surface area contributed by atoms with Crippen LogP contribution in [0.3, 0.4) is 0 Å². The Hall–Kier alpha value is 1.35.